The van der Waals surface area contributed by atoms with Gasteiger partial charge in [0.2, 0.25) is 0 Å². The number of nitrogens with one attached hydrogen (secondary N) is 2. The van der Waals surface area contributed by atoms with E-state index in [9.17, 15) is 4.39 Å². The van der Waals surface area contributed by atoms with Crippen LogP contribution >= 0.6 is 0 Å². The second-order valence-corrected chi connectivity index (χ2v) is 5.57. The average molecular weight is 297 g/mol. The predicted molar refractivity (Wildman–Crippen MR) is 84.1 cm³/mol. The number of benzene rings is 1. The number of aryl methyl sites for hydroxylation is 1. The van der Waals surface area contributed by atoms with Gasteiger partial charge >= 0.3 is 0 Å². The van der Waals surface area contributed by atoms with Crippen LogP contribution in [0.15, 0.2) is 24.3 Å². The molecule has 0 unspecified atom stereocenters. The van der Waals surface area contributed by atoms with Crippen molar-refractivity contribution in [3.8, 4) is 0 Å². The SMILES string of the molecule is Nc1n[nH]c2nc(CNc3cccc4c3CCC4)c(F)cc12. The minimum absolute atomic E-state index is 0.266. The molecule has 6 heteroatoms. The van der Waals surface area contributed by atoms with E-state index in [1.54, 1.807) is 0 Å². The molecular formula is C16H16FN5. The van der Waals surface area contributed by atoms with Gasteiger partial charge in [0.05, 0.1) is 17.6 Å². The van der Waals surface area contributed by atoms with Gasteiger partial charge in [-0.05, 0) is 42.5 Å². The lowest BCUT2D eigenvalue weighted by atomic mass is 10.1. The fraction of sp³-hybridized carbons (Fsp3) is 0.250. The number of hydrogen-bond acceptors (Lipinski definition) is 4. The monoisotopic (exact) mass is 297 g/mol. The van der Waals surface area contributed by atoms with E-state index in [1.165, 1.54) is 23.6 Å². The molecule has 4 N–H and O–H groups in total. The molecule has 0 aliphatic heterocycles. The highest BCUT2D eigenvalue weighted by molar-refractivity contribution is 5.85. The van der Waals surface area contributed by atoms with E-state index >= 15 is 0 Å². The van der Waals surface area contributed by atoms with Crippen molar-refractivity contribution >= 4 is 22.5 Å². The zero-order valence-electron chi connectivity index (χ0n) is 12.0. The maximum Gasteiger partial charge on any atom is 0.157 e. The highest BCUT2D eigenvalue weighted by Crippen LogP contribution is 2.29. The van der Waals surface area contributed by atoms with Crippen LogP contribution in [0.3, 0.4) is 0 Å². The number of aromatic amines is 1. The Kier molecular flexibility index (Phi) is 2.96. The molecule has 3 aromatic rings. The molecule has 112 valence electrons. The van der Waals surface area contributed by atoms with E-state index in [4.69, 9.17) is 5.73 Å². The Balaban J connectivity index is 1.62. The lowest BCUT2D eigenvalue weighted by molar-refractivity contribution is 0.606. The highest BCUT2D eigenvalue weighted by atomic mass is 19.1. The van der Waals surface area contributed by atoms with Crippen molar-refractivity contribution < 1.29 is 4.39 Å². The number of anilines is 2. The number of rotatable bonds is 3. The van der Waals surface area contributed by atoms with E-state index in [0.29, 0.717) is 23.3 Å². The van der Waals surface area contributed by atoms with E-state index in [0.717, 1.165) is 18.5 Å². The normalized spacial score (nSPS) is 13.5. The fourth-order valence-electron chi connectivity index (χ4n) is 3.07. The first-order chi connectivity index (χ1) is 10.7. The number of halogens is 1. The molecule has 0 bridgehead atoms. The van der Waals surface area contributed by atoms with Crippen molar-refractivity contribution in [2.45, 2.75) is 25.8 Å². The summed E-state index contributed by atoms with van der Waals surface area (Å²) in [4.78, 5) is 4.27. The second kappa shape index (κ2) is 4.98. The molecule has 0 saturated heterocycles. The third-order valence-corrected chi connectivity index (χ3v) is 4.20. The summed E-state index contributed by atoms with van der Waals surface area (Å²) in [6.45, 7) is 0.331. The summed E-state index contributed by atoms with van der Waals surface area (Å²) in [5.74, 6) is -0.109. The fourth-order valence-corrected chi connectivity index (χ4v) is 3.07. The summed E-state index contributed by atoms with van der Waals surface area (Å²) in [6.07, 6.45) is 3.38. The third kappa shape index (κ3) is 2.07. The number of H-pyrrole nitrogens is 1. The summed E-state index contributed by atoms with van der Waals surface area (Å²) in [6, 6.07) is 7.61. The van der Waals surface area contributed by atoms with Gasteiger partial charge < -0.3 is 11.1 Å². The Labute approximate surface area is 126 Å². The van der Waals surface area contributed by atoms with Gasteiger partial charge in [-0.1, -0.05) is 12.1 Å². The summed E-state index contributed by atoms with van der Waals surface area (Å²) in [7, 11) is 0. The van der Waals surface area contributed by atoms with Gasteiger partial charge in [0.25, 0.3) is 0 Å². The van der Waals surface area contributed by atoms with Gasteiger partial charge in [-0.15, -0.1) is 0 Å². The largest absolute Gasteiger partial charge is 0.382 e. The smallest absolute Gasteiger partial charge is 0.157 e. The van der Waals surface area contributed by atoms with Crippen molar-refractivity contribution in [2.75, 3.05) is 11.1 Å². The van der Waals surface area contributed by atoms with Gasteiger partial charge in [-0.3, -0.25) is 5.10 Å². The molecule has 0 fully saturated rings. The maximum absolute atomic E-state index is 14.2. The Hall–Kier alpha value is -2.63. The van der Waals surface area contributed by atoms with Crippen LogP contribution in [0.4, 0.5) is 15.9 Å². The van der Waals surface area contributed by atoms with Crippen LogP contribution in [0.2, 0.25) is 0 Å². The molecule has 1 aliphatic carbocycles. The Bertz CT molecular complexity index is 855. The molecular weight excluding hydrogens is 281 g/mol. The number of nitrogen functional groups attached to an aromatic ring is 1. The number of pyridine rings is 1. The van der Waals surface area contributed by atoms with Crippen molar-refractivity contribution in [1.29, 1.82) is 0 Å². The standard InChI is InChI=1S/C16H16FN5/c17-12-7-11-15(18)21-22-16(11)20-14(12)8-19-13-6-2-4-9-3-1-5-10(9)13/h2,4,6-7,19H,1,3,5,8H2,(H3,18,20,21,22). The molecule has 4 rings (SSSR count). The zero-order valence-corrected chi connectivity index (χ0v) is 12.0. The van der Waals surface area contributed by atoms with Gasteiger partial charge in [0.1, 0.15) is 5.82 Å². The average Bonchev–Trinajstić information content (AvgIpc) is 3.13. The zero-order chi connectivity index (χ0) is 15.1. The minimum Gasteiger partial charge on any atom is -0.382 e. The molecule has 22 heavy (non-hydrogen) atoms. The quantitative estimate of drug-likeness (QED) is 0.694. The minimum atomic E-state index is -0.374. The molecule has 2 heterocycles. The van der Waals surface area contributed by atoms with E-state index in [2.05, 4.69) is 26.6 Å². The molecule has 0 radical (unpaired) electrons. The van der Waals surface area contributed by atoms with Crippen LogP contribution in [0, 0.1) is 5.82 Å². The maximum atomic E-state index is 14.2. The molecule has 0 spiro atoms. The van der Waals surface area contributed by atoms with Gasteiger partial charge in [-0.2, -0.15) is 5.10 Å². The molecule has 0 amide bonds. The van der Waals surface area contributed by atoms with Gasteiger partial charge in [0, 0.05) is 5.69 Å². The van der Waals surface area contributed by atoms with Crippen LogP contribution < -0.4 is 11.1 Å². The van der Waals surface area contributed by atoms with Crippen LogP contribution in [0.1, 0.15) is 23.2 Å². The lowest BCUT2D eigenvalue weighted by Crippen LogP contribution is -2.06. The van der Waals surface area contributed by atoms with E-state index < -0.39 is 0 Å². The Morgan fingerprint density at radius 2 is 2.23 bits per heavy atom. The van der Waals surface area contributed by atoms with E-state index in [-0.39, 0.29) is 11.6 Å². The summed E-state index contributed by atoms with van der Waals surface area (Å²) in [5, 5.41) is 10.4. The van der Waals surface area contributed by atoms with Crippen molar-refractivity contribution in [3.05, 3.63) is 46.9 Å². The van der Waals surface area contributed by atoms with Crippen LogP contribution in [0.5, 0.6) is 0 Å². The second-order valence-electron chi connectivity index (χ2n) is 5.57. The first kappa shape index (κ1) is 13.1. The van der Waals surface area contributed by atoms with Crippen molar-refractivity contribution in [1.82, 2.24) is 15.2 Å². The van der Waals surface area contributed by atoms with E-state index in [1.807, 2.05) is 12.1 Å². The van der Waals surface area contributed by atoms with Gasteiger partial charge in [-0.25, -0.2) is 9.37 Å². The molecule has 0 atom stereocenters. The number of nitrogens with two attached hydrogens (primary N) is 1. The molecule has 0 saturated carbocycles. The predicted octanol–water partition coefficient (Wildman–Crippen LogP) is 2.78. The molecule has 1 aromatic carbocycles. The number of nitrogens with zero attached hydrogens (tertiary/aromatic N) is 2. The van der Waals surface area contributed by atoms with Crippen molar-refractivity contribution in [3.63, 3.8) is 0 Å². The Morgan fingerprint density at radius 1 is 1.32 bits per heavy atom. The van der Waals surface area contributed by atoms with Crippen LogP contribution in [-0.2, 0) is 19.4 Å². The first-order valence-electron chi connectivity index (χ1n) is 7.36. The summed E-state index contributed by atoms with van der Waals surface area (Å²) in [5.41, 5.74) is 10.3. The van der Waals surface area contributed by atoms with Crippen molar-refractivity contribution in [2.24, 2.45) is 0 Å². The number of fused-ring (bicyclic) bond motifs is 2. The van der Waals surface area contributed by atoms with Crippen LogP contribution in [0.25, 0.3) is 11.0 Å². The Morgan fingerprint density at radius 3 is 3.14 bits per heavy atom. The van der Waals surface area contributed by atoms with Crippen LogP contribution in [-0.4, -0.2) is 15.2 Å². The molecule has 2 aromatic heterocycles. The lowest BCUT2D eigenvalue weighted by Gasteiger charge is -2.11. The first-order valence-corrected chi connectivity index (χ1v) is 7.36. The third-order valence-electron chi connectivity index (χ3n) is 4.20. The topological polar surface area (TPSA) is 79.6 Å². The summed E-state index contributed by atoms with van der Waals surface area (Å²) < 4.78 is 14.2. The highest BCUT2D eigenvalue weighted by Gasteiger charge is 2.15. The number of aromatic nitrogens is 3. The molecule has 5 nitrogen and oxygen atoms in total. The number of hydrogen-bond donors (Lipinski definition) is 3. The summed E-state index contributed by atoms with van der Waals surface area (Å²) >= 11 is 0. The molecule has 1 aliphatic rings. The van der Waals surface area contributed by atoms with Gasteiger partial charge in [0.15, 0.2) is 11.5 Å².